The summed E-state index contributed by atoms with van der Waals surface area (Å²) in [6.45, 7) is 5.25. The molecule has 15 rings (SSSR count). The zero-order chi connectivity index (χ0) is 40.9. The number of pyridine rings is 1. The third-order valence-electron chi connectivity index (χ3n) is 16.6. The average Bonchev–Trinajstić information content (AvgIpc) is 3.89. The maximum atomic E-state index is 5.55. The number of aromatic nitrogens is 2. The van der Waals surface area contributed by atoms with Crippen LogP contribution in [-0.4, -0.2) is 17.6 Å². The van der Waals surface area contributed by atoms with E-state index in [0.29, 0.717) is 0 Å². The Labute approximate surface area is 365 Å². The fraction of sp³-hybridized carbons (Fsp3) is 0.203. The minimum absolute atomic E-state index is 0.186. The van der Waals surface area contributed by atoms with Crippen molar-refractivity contribution in [3.05, 3.63) is 181 Å². The molecule has 2 aromatic heterocycles. The molecule has 0 unspecified atom stereocenters. The summed E-state index contributed by atoms with van der Waals surface area (Å²) in [6.07, 6.45) is 7.16. The van der Waals surface area contributed by atoms with Crippen molar-refractivity contribution >= 4 is 40.3 Å². The molecule has 0 atom stereocenters. The monoisotopic (exact) mass is 812 g/mol. The van der Waals surface area contributed by atoms with E-state index in [2.05, 4.69) is 188 Å². The first kappa shape index (κ1) is 35.3. The van der Waals surface area contributed by atoms with Gasteiger partial charge in [-0.15, -0.1) is 0 Å². The Hall–Kier alpha value is -6.29. The van der Waals surface area contributed by atoms with E-state index in [9.17, 15) is 0 Å². The first-order chi connectivity index (χ1) is 30.5. The number of para-hydroxylation sites is 1. The van der Waals surface area contributed by atoms with Crippen LogP contribution in [0.1, 0.15) is 43.2 Å². The fourth-order valence-corrected chi connectivity index (χ4v) is 17.9. The fourth-order valence-electron chi connectivity index (χ4n) is 14.4. The highest BCUT2D eigenvalue weighted by molar-refractivity contribution is 7.04. The summed E-state index contributed by atoms with van der Waals surface area (Å²) in [5, 5.41) is 5.71. The summed E-state index contributed by atoms with van der Waals surface area (Å²) >= 11 is 0. The molecule has 4 saturated carbocycles. The minimum atomic E-state index is -2.11. The lowest BCUT2D eigenvalue weighted by molar-refractivity contribution is -0.0399. The molecule has 4 fully saturated rings. The van der Waals surface area contributed by atoms with E-state index in [0.717, 1.165) is 46.3 Å². The summed E-state index contributed by atoms with van der Waals surface area (Å²) in [7, 11) is -2.11. The third kappa shape index (κ3) is 4.62. The number of hydrogen-bond donors (Lipinski definition) is 0. The maximum absolute atomic E-state index is 5.55. The lowest BCUT2D eigenvalue weighted by atomic mass is 9.43. The van der Waals surface area contributed by atoms with E-state index in [4.69, 9.17) is 4.98 Å². The van der Waals surface area contributed by atoms with Gasteiger partial charge in [0.15, 0.2) is 0 Å². The van der Waals surface area contributed by atoms with Crippen molar-refractivity contribution < 1.29 is 0 Å². The predicted molar refractivity (Wildman–Crippen MR) is 260 cm³/mol. The number of fused-ring (bicyclic) bond motifs is 10. The second-order valence-corrected chi connectivity index (χ2v) is 24.2. The van der Waals surface area contributed by atoms with Crippen LogP contribution in [0.25, 0.3) is 83.4 Å². The van der Waals surface area contributed by atoms with Crippen LogP contribution in [0, 0.1) is 23.7 Å². The van der Waals surface area contributed by atoms with E-state index < -0.39 is 8.07 Å². The van der Waals surface area contributed by atoms with Crippen molar-refractivity contribution in [3.8, 4) is 61.6 Å². The van der Waals surface area contributed by atoms with Gasteiger partial charge in [0.1, 0.15) is 8.07 Å². The van der Waals surface area contributed by atoms with Crippen molar-refractivity contribution in [1.82, 2.24) is 9.55 Å². The van der Waals surface area contributed by atoms with Crippen LogP contribution in [0.5, 0.6) is 0 Å². The zero-order valence-corrected chi connectivity index (χ0v) is 36.4. The number of nitrogens with zero attached hydrogens (tertiary/aromatic N) is 2. The minimum Gasteiger partial charge on any atom is -0.309 e. The van der Waals surface area contributed by atoms with Gasteiger partial charge in [-0.05, 0) is 153 Å². The van der Waals surface area contributed by atoms with Crippen molar-refractivity contribution in [1.29, 1.82) is 0 Å². The Balaban J connectivity index is 0.914. The van der Waals surface area contributed by atoms with Gasteiger partial charge in [-0.3, -0.25) is 0 Å². The van der Waals surface area contributed by atoms with Crippen LogP contribution in [0.3, 0.4) is 0 Å². The lowest BCUT2D eigenvalue weighted by Crippen LogP contribution is -2.55. The van der Waals surface area contributed by atoms with Crippen LogP contribution in [0.2, 0.25) is 13.1 Å². The summed E-state index contributed by atoms with van der Waals surface area (Å²) < 4.78 is 2.42. The molecular weight excluding hydrogens is 765 g/mol. The van der Waals surface area contributed by atoms with Gasteiger partial charge in [0.25, 0.3) is 0 Å². The van der Waals surface area contributed by atoms with E-state index >= 15 is 0 Å². The van der Waals surface area contributed by atoms with Crippen LogP contribution < -0.4 is 10.4 Å². The highest BCUT2D eigenvalue weighted by Crippen LogP contribution is 2.69. The Morgan fingerprint density at radius 1 is 0.484 bits per heavy atom. The molecule has 4 bridgehead atoms. The number of hydrogen-bond acceptors (Lipinski definition) is 1. The molecule has 298 valence electrons. The first-order valence-corrected chi connectivity index (χ1v) is 26.1. The summed E-state index contributed by atoms with van der Waals surface area (Å²) in [6, 6.07) is 64.0. The van der Waals surface area contributed by atoms with Crippen LogP contribution in [0.15, 0.2) is 170 Å². The van der Waals surface area contributed by atoms with Crippen LogP contribution in [0.4, 0.5) is 0 Å². The van der Waals surface area contributed by atoms with Gasteiger partial charge < -0.3 is 4.57 Å². The molecule has 62 heavy (non-hydrogen) atoms. The van der Waals surface area contributed by atoms with Crippen LogP contribution >= 0.6 is 0 Å². The van der Waals surface area contributed by atoms with Gasteiger partial charge >= 0.3 is 0 Å². The first-order valence-electron chi connectivity index (χ1n) is 23.1. The molecule has 7 aromatic carbocycles. The normalized spacial score (nSPS) is 23.2. The van der Waals surface area contributed by atoms with Gasteiger partial charge in [0.05, 0.1) is 22.4 Å². The SMILES string of the molecule is C[Si]1(C)c2cccc(-c3cccc(-c4ccc5c(c4)c4ccc(-c6ccccc6)cc4n5-c4ccccc4)n3)c2-c2ccc3c(c21)-c1ccccc1C31C2CC3CC(C2)CC1C3. The van der Waals surface area contributed by atoms with E-state index in [-0.39, 0.29) is 5.41 Å². The average molecular weight is 813 g/mol. The molecular formula is C59H48N2Si. The predicted octanol–water partition coefficient (Wildman–Crippen LogP) is 13.7. The lowest BCUT2D eigenvalue weighted by Gasteiger charge is -2.61. The maximum Gasteiger partial charge on any atom is 0.114 e. The molecule has 6 aliphatic rings. The van der Waals surface area contributed by atoms with Gasteiger partial charge in [0, 0.05) is 33.0 Å². The molecule has 0 radical (unpaired) electrons. The molecule has 3 heterocycles. The third-order valence-corrected chi connectivity index (χ3v) is 20.1. The molecule has 1 aliphatic heterocycles. The summed E-state index contributed by atoms with van der Waals surface area (Å²) in [5.74, 6) is 3.44. The standard InChI is InChI=1S/C59H48N2Si/c1-62(2)55-22-11-18-46(56(55)47-26-27-50-57(58(47)62)45-17-9-10-19-49(45)59(50)41-30-36-29-37(32-41)33-42(59)31-36)52-21-12-20-51(60-52)40-24-28-53-48(34-40)44-25-23-39(38-13-5-3-6-14-38)35-54(44)61(53)43-15-7-4-8-16-43/h3-28,34-37,41-42H,29-33H2,1-2H3. The highest BCUT2D eigenvalue weighted by Gasteiger charge is 2.62. The zero-order valence-electron chi connectivity index (χ0n) is 35.4. The number of benzene rings is 7. The summed E-state index contributed by atoms with van der Waals surface area (Å²) in [5.41, 5.74) is 20.0. The second kappa shape index (κ2) is 12.6. The Kier molecular flexibility index (Phi) is 7.20. The number of rotatable bonds is 4. The Morgan fingerprint density at radius 3 is 1.98 bits per heavy atom. The van der Waals surface area contributed by atoms with Gasteiger partial charge in [0.2, 0.25) is 0 Å². The topological polar surface area (TPSA) is 17.8 Å². The van der Waals surface area contributed by atoms with Crippen molar-refractivity contribution in [2.45, 2.75) is 50.6 Å². The molecule has 0 N–H and O–H groups in total. The van der Waals surface area contributed by atoms with Gasteiger partial charge in [-0.25, -0.2) is 4.98 Å². The van der Waals surface area contributed by atoms with Crippen molar-refractivity contribution in [2.24, 2.45) is 23.7 Å². The van der Waals surface area contributed by atoms with Crippen molar-refractivity contribution in [2.75, 3.05) is 0 Å². The van der Waals surface area contributed by atoms with E-state index in [1.54, 1.807) is 32.6 Å². The highest BCUT2D eigenvalue weighted by atomic mass is 28.3. The molecule has 0 saturated heterocycles. The van der Waals surface area contributed by atoms with Crippen molar-refractivity contribution in [3.63, 3.8) is 0 Å². The molecule has 0 amide bonds. The Bertz CT molecular complexity index is 3310. The molecule has 3 heteroatoms. The van der Waals surface area contributed by atoms with Gasteiger partial charge in [-0.2, -0.15) is 0 Å². The summed E-state index contributed by atoms with van der Waals surface area (Å²) in [4.78, 5) is 5.55. The largest absolute Gasteiger partial charge is 0.309 e. The molecule has 1 spiro atoms. The molecule has 9 aromatic rings. The second-order valence-electron chi connectivity index (χ2n) is 19.9. The molecule has 5 aliphatic carbocycles. The smallest absolute Gasteiger partial charge is 0.114 e. The Morgan fingerprint density at radius 2 is 1.18 bits per heavy atom. The van der Waals surface area contributed by atoms with Gasteiger partial charge in [-0.1, -0.05) is 140 Å². The molecule has 2 nitrogen and oxygen atoms in total. The van der Waals surface area contributed by atoms with E-state index in [1.165, 1.54) is 81.7 Å². The quantitative estimate of drug-likeness (QED) is 0.162. The van der Waals surface area contributed by atoms with Crippen LogP contribution in [-0.2, 0) is 5.41 Å². The van der Waals surface area contributed by atoms with E-state index in [1.807, 2.05) is 0 Å².